The summed E-state index contributed by atoms with van der Waals surface area (Å²) in [4.78, 5) is 0. The molecule has 0 fully saturated rings. The predicted molar refractivity (Wildman–Crippen MR) is 61.7 cm³/mol. The van der Waals surface area contributed by atoms with Gasteiger partial charge in [0, 0.05) is 0 Å². The summed E-state index contributed by atoms with van der Waals surface area (Å²) in [7, 11) is 0. The lowest BCUT2D eigenvalue weighted by Gasteiger charge is -2.02. The Labute approximate surface area is 89.5 Å². The molecule has 0 aliphatic carbocycles. The molecule has 80 valence electrons. The van der Waals surface area contributed by atoms with Crippen LogP contribution < -0.4 is 10.2 Å². The van der Waals surface area contributed by atoms with Gasteiger partial charge in [-0.3, -0.25) is 10.8 Å². The molecule has 0 saturated carbocycles. The maximum absolute atomic E-state index is 7.10. The average Bonchev–Trinajstić information content (AvgIpc) is 2.20. The number of hydrogen-bond acceptors (Lipinski definition) is 3. The summed E-state index contributed by atoms with van der Waals surface area (Å²) >= 11 is 0. The number of benzene rings is 1. The molecule has 0 aromatic heterocycles. The molecule has 0 aliphatic heterocycles. The Kier molecular flexibility index (Phi) is 4.34. The van der Waals surface area contributed by atoms with Gasteiger partial charge in [-0.1, -0.05) is 0 Å². The van der Waals surface area contributed by atoms with Gasteiger partial charge >= 0.3 is 0 Å². The lowest BCUT2D eigenvalue weighted by atomic mass is 10.2. The maximum atomic E-state index is 7.10. The minimum absolute atomic E-state index is 0.317. The van der Waals surface area contributed by atoms with Crippen LogP contribution in [0.4, 0.5) is 0 Å². The van der Waals surface area contributed by atoms with E-state index in [4.69, 9.17) is 10.1 Å². The molecule has 0 saturated heterocycles. The zero-order valence-electron chi connectivity index (χ0n) is 8.95. The van der Waals surface area contributed by atoms with Crippen molar-refractivity contribution in [1.29, 1.82) is 5.41 Å². The van der Waals surface area contributed by atoms with Crippen molar-refractivity contribution in [3.05, 3.63) is 29.8 Å². The van der Waals surface area contributed by atoms with E-state index in [1.807, 2.05) is 31.2 Å². The monoisotopic (exact) mass is 205 g/mol. The van der Waals surface area contributed by atoms with Gasteiger partial charge in [-0.15, -0.1) is 0 Å². The Morgan fingerprint density at radius 2 is 2.13 bits per heavy atom. The van der Waals surface area contributed by atoms with Crippen LogP contribution in [0.15, 0.2) is 29.4 Å². The molecule has 1 rings (SSSR count). The number of nitrogens with zero attached hydrogens (tertiary/aromatic N) is 1. The molecule has 0 unspecified atom stereocenters. The normalized spacial score (nSPS) is 10.3. The molecule has 4 nitrogen and oxygen atoms in total. The Morgan fingerprint density at radius 3 is 2.67 bits per heavy atom. The summed E-state index contributed by atoms with van der Waals surface area (Å²) in [5.74, 6) is 1.17. The number of rotatable bonds is 4. The van der Waals surface area contributed by atoms with E-state index in [-0.39, 0.29) is 0 Å². The van der Waals surface area contributed by atoms with E-state index in [2.05, 4.69) is 10.5 Å². The summed E-state index contributed by atoms with van der Waals surface area (Å²) < 4.78 is 5.31. The zero-order valence-corrected chi connectivity index (χ0v) is 8.95. The molecule has 15 heavy (non-hydrogen) atoms. The smallest absolute Gasteiger partial charge is 0.119 e. The first-order valence-corrected chi connectivity index (χ1v) is 4.79. The van der Waals surface area contributed by atoms with Crippen molar-refractivity contribution in [2.24, 2.45) is 5.10 Å². The van der Waals surface area contributed by atoms with Crippen molar-refractivity contribution in [3.63, 3.8) is 0 Å². The van der Waals surface area contributed by atoms with Crippen LogP contribution in [0.25, 0.3) is 0 Å². The van der Waals surface area contributed by atoms with Gasteiger partial charge in [0.1, 0.15) is 11.6 Å². The molecule has 0 heterocycles. The van der Waals surface area contributed by atoms with E-state index in [0.29, 0.717) is 12.4 Å². The first kappa shape index (κ1) is 11.2. The largest absolute Gasteiger partial charge is 0.494 e. The third-order valence-corrected chi connectivity index (χ3v) is 1.64. The molecular weight excluding hydrogens is 190 g/mol. The topological polar surface area (TPSA) is 57.5 Å². The first-order chi connectivity index (χ1) is 7.22. The van der Waals surface area contributed by atoms with Crippen molar-refractivity contribution in [1.82, 2.24) is 5.43 Å². The third kappa shape index (κ3) is 4.26. The van der Waals surface area contributed by atoms with Crippen LogP contribution >= 0.6 is 0 Å². The van der Waals surface area contributed by atoms with Gasteiger partial charge in [-0.05, 0) is 43.7 Å². The number of hydrazone groups is 1. The predicted octanol–water partition coefficient (Wildman–Crippen LogP) is 2.01. The standard InChI is InChI=1S/C11H15N3O/c1-3-15-11-6-4-10(5-7-11)8-13-14-9(2)12/h4-8H,3H2,1-2H3,(H2,12,14)/b13-8+. The second-order valence-corrected chi connectivity index (χ2v) is 3.00. The summed E-state index contributed by atoms with van der Waals surface area (Å²) in [6.07, 6.45) is 1.66. The molecule has 0 spiro atoms. The Balaban J connectivity index is 2.56. The SMILES string of the molecule is CCOc1ccc(/C=N/NC(C)=N)cc1. The average molecular weight is 205 g/mol. The molecule has 0 amide bonds. The highest BCUT2D eigenvalue weighted by molar-refractivity contribution is 5.82. The Bertz CT molecular complexity index is 343. The zero-order chi connectivity index (χ0) is 11.1. The van der Waals surface area contributed by atoms with Gasteiger partial charge in [0.25, 0.3) is 0 Å². The molecule has 1 aromatic carbocycles. The van der Waals surface area contributed by atoms with E-state index in [1.54, 1.807) is 13.1 Å². The van der Waals surface area contributed by atoms with Crippen LogP contribution in [-0.4, -0.2) is 18.7 Å². The van der Waals surface area contributed by atoms with Gasteiger partial charge in [0.15, 0.2) is 0 Å². The van der Waals surface area contributed by atoms with Gasteiger partial charge in [-0.25, -0.2) is 0 Å². The second kappa shape index (κ2) is 5.80. The number of ether oxygens (including phenoxy) is 1. The number of nitrogens with one attached hydrogen (secondary N) is 2. The van der Waals surface area contributed by atoms with Gasteiger partial charge in [0.2, 0.25) is 0 Å². The fourth-order valence-electron chi connectivity index (χ4n) is 1.02. The number of hydrogen-bond donors (Lipinski definition) is 2. The van der Waals surface area contributed by atoms with Crippen molar-refractivity contribution in [2.45, 2.75) is 13.8 Å². The Hall–Kier alpha value is -1.84. The van der Waals surface area contributed by atoms with E-state index in [1.165, 1.54) is 0 Å². The second-order valence-electron chi connectivity index (χ2n) is 3.00. The quantitative estimate of drug-likeness (QED) is 0.449. The Morgan fingerprint density at radius 1 is 1.47 bits per heavy atom. The molecule has 0 radical (unpaired) electrons. The summed E-state index contributed by atoms with van der Waals surface area (Å²) in [6.45, 7) is 4.25. The molecule has 2 N–H and O–H groups in total. The van der Waals surface area contributed by atoms with Crippen LogP contribution in [0.1, 0.15) is 19.4 Å². The summed E-state index contributed by atoms with van der Waals surface area (Å²) in [6, 6.07) is 7.61. The molecular formula is C11H15N3O. The number of amidine groups is 1. The van der Waals surface area contributed by atoms with Crippen LogP contribution in [0.5, 0.6) is 5.75 Å². The lowest BCUT2D eigenvalue weighted by molar-refractivity contribution is 0.340. The van der Waals surface area contributed by atoms with Crippen LogP contribution in [0, 0.1) is 5.41 Å². The molecule has 0 bridgehead atoms. The lowest BCUT2D eigenvalue weighted by Crippen LogP contribution is -2.11. The van der Waals surface area contributed by atoms with Crippen molar-refractivity contribution in [2.75, 3.05) is 6.61 Å². The molecule has 0 atom stereocenters. The van der Waals surface area contributed by atoms with E-state index < -0.39 is 0 Å². The van der Waals surface area contributed by atoms with Crippen LogP contribution in [-0.2, 0) is 0 Å². The minimum Gasteiger partial charge on any atom is -0.494 e. The van der Waals surface area contributed by atoms with E-state index in [0.717, 1.165) is 11.3 Å². The van der Waals surface area contributed by atoms with E-state index in [9.17, 15) is 0 Å². The summed E-state index contributed by atoms with van der Waals surface area (Å²) in [5.41, 5.74) is 3.52. The fraction of sp³-hybridized carbons (Fsp3) is 0.273. The van der Waals surface area contributed by atoms with E-state index >= 15 is 0 Å². The summed E-state index contributed by atoms with van der Waals surface area (Å²) in [5, 5.41) is 11.0. The maximum Gasteiger partial charge on any atom is 0.119 e. The highest BCUT2D eigenvalue weighted by Gasteiger charge is 1.91. The van der Waals surface area contributed by atoms with Gasteiger partial charge < -0.3 is 4.74 Å². The van der Waals surface area contributed by atoms with Gasteiger partial charge in [-0.2, -0.15) is 5.10 Å². The first-order valence-electron chi connectivity index (χ1n) is 4.79. The minimum atomic E-state index is 0.317. The van der Waals surface area contributed by atoms with Crippen molar-refractivity contribution >= 4 is 12.1 Å². The van der Waals surface area contributed by atoms with Crippen molar-refractivity contribution in [3.8, 4) is 5.75 Å². The molecule has 1 aromatic rings. The fourth-order valence-corrected chi connectivity index (χ4v) is 1.02. The van der Waals surface area contributed by atoms with Crippen molar-refractivity contribution < 1.29 is 4.74 Å². The molecule has 0 aliphatic rings. The van der Waals surface area contributed by atoms with Crippen LogP contribution in [0.2, 0.25) is 0 Å². The highest BCUT2D eigenvalue weighted by Crippen LogP contribution is 2.10. The third-order valence-electron chi connectivity index (χ3n) is 1.64. The van der Waals surface area contributed by atoms with Gasteiger partial charge in [0.05, 0.1) is 12.8 Å². The van der Waals surface area contributed by atoms with Crippen LogP contribution in [0.3, 0.4) is 0 Å². The molecule has 4 heteroatoms. The highest BCUT2D eigenvalue weighted by atomic mass is 16.5.